The standard InChI is InChI=1S/C13H9Cl2NO4S/c14-8-5-6-12(10(15)7-8)21(19,20)16-11-4-2-1-3-9(11)13(17)18/h1-7,16H,(H,17,18). The molecule has 2 rings (SSSR count). The molecule has 0 radical (unpaired) electrons. The minimum absolute atomic E-state index is 0.0454. The highest BCUT2D eigenvalue weighted by atomic mass is 35.5. The lowest BCUT2D eigenvalue weighted by molar-refractivity contribution is 0.0698. The molecule has 0 fully saturated rings. The van der Waals surface area contributed by atoms with Gasteiger partial charge in [-0.2, -0.15) is 0 Å². The number of aromatic carboxylic acids is 1. The minimum Gasteiger partial charge on any atom is -0.478 e. The van der Waals surface area contributed by atoms with Crippen LogP contribution in [0.1, 0.15) is 10.4 Å². The molecule has 0 unspecified atom stereocenters. The van der Waals surface area contributed by atoms with Crippen LogP contribution in [-0.2, 0) is 10.0 Å². The average molecular weight is 346 g/mol. The lowest BCUT2D eigenvalue weighted by Crippen LogP contribution is -2.16. The molecule has 0 amide bonds. The normalized spacial score (nSPS) is 11.1. The van der Waals surface area contributed by atoms with Crippen molar-refractivity contribution in [3.8, 4) is 0 Å². The first-order valence-corrected chi connectivity index (χ1v) is 7.85. The molecule has 0 aliphatic heterocycles. The predicted molar refractivity (Wildman–Crippen MR) is 80.7 cm³/mol. The van der Waals surface area contributed by atoms with E-state index in [1.807, 2.05) is 0 Å². The van der Waals surface area contributed by atoms with Gasteiger partial charge in [0.05, 0.1) is 16.3 Å². The molecule has 2 aromatic carbocycles. The highest BCUT2D eigenvalue weighted by Gasteiger charge is 2.20. The van der Waals surface area contributed by atoms with Crippen molar-refractivity contribution in [3.63, 3.8) is 0 Å². The van der Waals surface area contributed by atoms with Crippen LogP contribution < -0.4 is 4.72 Å². The Morgan fingerprint density at radius 1 is 1.10 bits per heavy atom. The van der Waals surface area contributed by atoms with Gasteiger partial charge >= 0.3 is 5.97 Å². The summed E-state index contributed by atoms with van der Waals surface area (Å²) in [6.07, 6.45) is 0. The molecule has 0 heterocycles. The van der Waals surface area contributed by atoms with Gasteiger partial charge in [0.1, 0.15) is 4.90 Å². The second-order valence-electron chi connectivity index (χ2n) is 4.03. The zero-order valence-corrected chi connectivity index (χ0v) is 12.7. The fraction of sp³-hybridized carbons (Fsp3) is 0. The monoisotopic (exact) mass is 345 g/mol. The molecule has 0 atom stereocenters. The van der Waals surface area contributed by atoms with Crippen LogP contribution in [0.4, 0.5) is 5.69 Å². The number of benzene rings is 2. The van der Waals surface area contributed by atoms with E-state index >= 15 is 0 Å². The van der Waals surface area contributed by atoms with E-state index in [0.29, 0.717) is 5.02 Å². The van der Waals surface area contributed by atoms with Crippen LogP contribution in [0.5, 0.6) is 0 Å². The first-order valence-electron chi connectivity index (χ1n) is 5.61. The predicted octanol–water partition coefficient (Wildman–Crippen LogP) is 3.49. The fourth-order valence-corrected chi connectivity index (χ4v) is 3.51. The molecule has 0 spiro atoms. The Labute approximate surface area is 131 Å². The van der Waals surface area contributed by atoms with Crippen LogP contribution >= 0.6 is 23.2 Å². The average Bonchev–Trinajstić information content (AvgIpc) is 2.37. The SMILES string of the molecule is O=C(O)c1ccccc1NS(=O)(=O)c1ccc(Cl)cc1Cl. The van der Waals surface area contributed by atoms with Gasteiger partial charge in [-0.15, -0.1) is 0 Å². The number of hydrogen-bond donors (Lipinski definition) is 2. The molecule has 0 aliphatic carbocycles. The highest BCUT2D eigenvalue weighted by Crippen LogP contribution is 2.27. The van der Waals surface area contributed by atoms with E-state index in [4.69, 9.17) is 28.3 Å². The lowest BCUT2D eigenvalue weighted by Gasteiger charge is -2.11. The van der Waals surface area contributed by atoms with Crippen molar-refractivity contribution >= 4 is 44.9 Å². The molecule has 21 heavy (non-hydrogen) atoms. The van der Waals surface area contributed by atoms with E-state index in [2.05, 4.69) is 4.72 Å². The molecular formula is C13H9Cl2NO4S. The quantitative estimate of drug-likeness (QED) is 0.888. The first-order chi connectivity index (χ1) is 9.81. The van der Waals surface area contributed by atoms with E-state index in [-0.39, 0.29) is 21.2 Å². The molecule has 8 heteroatoms. The van der Waals surface area contributed by atoms with Gasteiger partial charge in [0.15, 0.2) is 0 Å². The number of carboxylic acids is 1. The summed E-state index contributed by atoms with van der Waals surface area (Å²) < 4.78 is 26.8. The fourth-order valence-electron chi connectivity index (χ4n) is 1.65. The highest BCUT2D eigenvalue weighted by molar-refractivity contribution is 7.92. The van der Waals surface area contributed by atoms with Crippen molar-refractivity contribution < 1.29 is 18.3 Å². The summed E-state index contributed by atoms with van der Waals surface area (Å²) in [6, 6.07) is 9.58. The summed E-state index contributed by atoms with van der Waals surface area (Å²) in [4.78, 5) is 10.9. The van der Waals surface area contributed by atoms with Crippen molar-refractivity contribution in [1.29, 1.82) is 0 Å². The third kappa shape index (κ3) is 3.47. The van der Waals surface area contributed by atoms with Crippen LogP contribution in [0.2, 0.25) is 10.0 Å². The van der Waals surface area contributed by atoms with Gasteiger partial charge in [-0.25, -0.2) is 13.2 Å². The van der Waals surface area contributed by atoms with Crippen LogP contribution in [0.3, 0.4) is 0 Å². The van der Waals surface area contributed by atoms with Crippen LogP contribution in [0.15, 0.2) is 47.4 Å². The number of nitrogens with one attached hydrogen (secondary N) is 1. The maximum Gasteiger partial charge on any atom is 0.337 e. The maximum absolute atomic E-state index is 12.3. The summed E-state index contributed by atoms with van der Waals surface area (Å²) in [6.45, 7) is 0. The van der Waals surface area contributed by atoms with Gasteiger partial charge in [0, 0.05) is 5.02 Å². The maximum atomic E-state index is 12.3. The molecule has 2 N–H and O–H groups in total. The van der Waals surface area contributed by atoms with E-state index < -0.39 is 16.0 Å². The molecule has 0 bridgehead atoms. The second-order valence-corrected chi connectivity index (χ2v) is 6.53. The number of carboxylic acid groups (broad SMARTS) is 1. The Hall–Kier alpha value is -1.76. The van der Waals surface area contributed by atoms with E-state index in [1.165, 1.54) is 42.5 Å². The minimum atomic E-state index is -4.02. The Bertz CT molecular complexity index is 806. The third-order valence-corrected chi connectivity index (χ3v) is 4.67. The molecule has 110 valence electrons. The van der Waals surface area contributed by atoms with Crippen molar-refractivity contribution in [3.05, 3.63) is 58.1 Å². The largest absolute Gasteiger partial charge is 0.478 e. The van der Waals surface area contributed by atoms with E-state index in [1.54, 1.807) is 0 Å². The van der Waals surface area contributed by atoms with Crippen LogP contribution in [0.25, 0.3) is 0 Å². The van der Waals surface area contributed by atoms with Crippen molar-refractivity contribution in [2.45, 2.75) is 4.90 Å². The van der Waals surface area contributed by atoms with Gasteiger partial charge in [-0.1, -0.05) is 35.3 Å². The summed E-state index contributed by atoms with van der Waals surface area (Å²) in [5.41, 5.74) is -0.206. The Morgan fingerprint density at radius 3 is 2.38 bits per heavy atom. The number of carbonyl (C=O) groups is 1. The van der Waals surface area contributed by atoms with Gasteiger partial charge in [0.25, 0.3) is 10.0 Å². The number of hydrogen-bond acceptors (Lipinski definition) is 3. The number of rotatable bonds is 4. The molecule has 0 saturated heterocycles. The lowest BCUT2D eigenvalue weighted by atomic mass is 10.2. The van der Waals surface area contributed by atoms with Gasteiger partial charge in [-0.3, -0.25) is 4.72 Å². The molecule has 0 saturated carbocycles. The Kier molecular flexibility index (Phi) is 4.41. The Morgan fingerprint density at radius 2 is 1.76 bits per heavy atom. The summed E-state index contributed by atoms with van der Waals surface area (Å²) in [7, 11) is -4.02. The number of para-hydroxylation sites is 1. The molecule has 0 aliphatic rings. The van der Waals surface area contributed by atoms with Crippen LogP contribution in [0, 0.1) is 0 Å². The summed E-state index contributed by atoms with van der Waals surface area (Å²) in [5, 5.41) is 9.29. The number of halogens is 2. The molecule has 0 aromatic heterocycles. The van der Waals surface area contributed by atoms with Crippen LogP contribution in [-0.4, -0.2) is 19.5 Å². The number of sulfonamides is 1. The molecular weight excluding hydrogens is 337 g/mol. The van der Waals surface area contributed by atoms with Crippen molar-refractivity contribution in [1.82, 2.24) is 0 Å². The Balaban J connectivity index is 2.45. The molecule has 2 aromatic rings. The second kappa shape index (κ2) is 5.93. The third-order valence-electron chi connectivity index (χ3n) is 2.59. The van der Waals surface area contributed by atoms with Gasteiger partial charge < -0.3 is 5.11 Å². The summed E-state index contributed by atoms with van der Waals surface area (Å²) >= 11 is 11.6. The number of anilines is 1. The van der Waals surface area contributed by atoms with E-state index in [9.17, 15) is 13.2 Å². The zero-order valence-electron chi connectivity index (χ0n) is 10.4. The van der Waals surface area contributed by atoms with Gasteiger partial charge in [0.2, 0.25) is 0 Å². The summed E-state index contributed by atoms with van der Waals surface area (Å²) in [5.74, 6) is -1.24. The topological polar surface area (TPSA) is 83.5 Å². The zero-order chi connectivity index (χ0) is 15.6. The van der Waals surface area contributed by atoms with Crippen molar-refractivity contribution in [2.75, 3.05) is 4.72 Å². The first kappa shape index (κ1) is 15.6. The smallest absolute Gasteiger partial charge is 0.337 e. The van der Waals surface area contributed by atoms with E-state index in [0.717, 1.165) is 0 Å². The van der Waals surface area contributed by atoms with Gasteiger partial charge in [-0.05, 0) is 30.3 Å². The van der Waals surface area contributed by atoms with Crippen molar-refractivity contribution in [2.24, 2.45) is 0 Å². The molecule has 5 nitrogen and oxygen atoms in total.